The number of aromatic amines is 1. The molecule has 1 fully saturated rings. The number of rotatable bonds is 3. The van der Waals surface area contributed by atoms with Gasteiger partial charge in [-0.2, -0.15) is 18.4 Å². The highest BCUT2D eigenvalue weighted by molar-refractivity contribution is 5.29. The van der Waals surface area contributed by atoms with Crippen molar-refractivity contribution >= 4 is 0 Å². The zero-order chi connectivity index (χ0) is 17.2. The second-order valence-electron chi connectivity index (χ2n) is 5.30. The maximum atomic E-state index is 12.7. The molecule has 1 aliphatic heterocycles. The minimum Gasteiger partial charge on any atom is -0.378 e. The molecule has 0 bridgehead atoms. The van der Waals surface area contributed by atoms with Gasteiger partial charge in [0.1, 0.15) is 11.9 Å². The van der Waals surface area contributed by atoms with Gasteiger partial charge in [0.15, 0.2) is 0 Å². The van der Waals surface area contributed by atoms with Gasteiger partial charge in [-0.1, -0.05) is 0 Å². The molecular formula is C14H13F3N6O. The zero-order valence-corrected chi connectivity index (χ0v) is 12.4. The molecule has 0 spiro atoms. The quantitative estimate of drug-likeness (QED) is 0.915. The van der Waals surface area contributed by atoms with E-state index in [2.05, 4.69) is 20.2 Å². The summed E-state index contributed by atoms with van der Waals surface area (Å²) < 4.78 is 43.4. The number of alkyl halides is 3. The molecular weight excluding hydrogens is 325 g/mol. The van der Waals surface area contributed by atoms with Gasteiger partial charge >= 0.3 is 6.18 Å². The van der Waals surface area contributed by atoms with E-state index in [0.717, 1.165) is 5.56 Å². The summed E-state index contributed by atoms with van der Waals surface area (Å²) in [5.74, 6) is -1.09. The summed E-state index contributed by atoms with van der Waals surface area (Å²) in [5, 5.41) is 14.5. The first-order chi connectivity index (χ1) is 11.5. The van der Waals surface area contributed by atoms with Crippen LogP contribution in [-0.2, 0) is 17.5 Å². The topological polar surface area (TPSA) is 90.7 Å². The Kier molecular flexibility index (Phi) is 4.46. The van der Waals surface area contributed by atoms with E-state index in [4.69, 9.17) is 10.00 Å². The van der Waals surface area contributed by atoms with Crippen LogP contribution in [0.3, 0.4) is 0 Å². The third-order valence-corrected chi connectivity index (χ3v) is 3.62. The average Bonchev–Trinajstić information content (AvgIpc) is 3.06. The highest BCUT2D eigenvalue weighted by atomic mass is 19.4. The maximum absolute atomic E-state index is 12.7. The first-order valence-corrected chi connectivity index (χ1v) is 7.12. The molecule has 0 amide bonds. The summed E-state index contributed by atoms with van der Waals surface area (Å²) in [6, 6.07) is 3.23. The molecule has 1 N–H and O–H groups in total. The first kappa shape index (κ1) is 16.4. The Bertz CT molecular complexity index is 753. The summed E-state index contributed by atoms with van der Waals surface area (Å²) in [7, 11) is 0. The van der Waals surface area contributed by atoms with Gasteiger partial charge in [-0.15, -0.1) is 5.10 Å². The molecule has 1 atom stereocenters. The first-order valence-electron chi connectivity index (χ1n) is 7.12. The Morgan fingerprint density at radius 1 is 1.42 bits per heavy atom. The van der Waals surface area contributed by atoms with E-state index in [-0.39, 0.29) is 12.4 Å². The third kappa shape index (κ3) is 3.52. The van der Waals surface area contributed by atoms with Crippen molar-refractivity contribution < 1.29 is 17.9 Å². The van der Waals surface area contributed by atoms with E-state index in [0.29, 0.717) is 25.3 Å². The SMILES string of the molecule is N#Cc1cncc(CN2CCOCC2c2nc(C(F)(F)F)n[nH]2)c1. The summed E-state index contributed by atoms with van der Waals surface area (Å²) in [6.45, 7) is 1.60. The van der Waals surface area contributed by atoms with Gasteiger partial charge in [-0.25, -0.2) is 4.98 Å². The Balaban J connectivity index is 1.81. The van der Waals surface area contributed by atoms with Crippen LogP contribution >= 0.6 is 0 Å². The van der Waals surface area contributed by atoms with E-state index in [1.807, 2.05) is 11.0 Å². The van der Waals surface area contributed by atoms with Gasteiger partial charge < -0.3 is 4.74 Å². The Labute approximate surface area is 135 Å². The molecule has 1 aliphatic rings. The van der Waals surface area contributed by atoms with Crippen molar-refractivity contribution in [3.8, 4) is 6.07 Å². The van der Waals surface area contributed by atoms with Crippen LogP contribution in [0.5, 0.6) is 0 Å². The number of morpholine rings is 1. The minimum absolute atomic E-state index is 0.103. The molecule has 3 rings (SSSR count). The van der Waals surface area contributed by atoms with Crippen molar-refractivity contribution in [1.29, 1.82) is 5.26 Å². The van der Waals surface area contributed by atoms with E-state index >= 15 is 0 Å². The molecule has 0 radical (unpaired) electrons. The van der Waals surface area contributed by atoms with E-state index in [1.165, 1.54) is 6.20 Å². The van der Waals surface area contributed by atoms with Gasteiger partial charge in [-0.3, -0.25) is 15.0 Å². The van der Waals surface area contributed by atoms with Crippen LogP contribution in [0, 0.1) is 11.3 Å². The molecule has 3 heterocycles. The number of halogens is 3. The van der Waals surface area contributed by atoms with Crippen LogP contribution < -0.4 is 0 Å². The lowest BCUT2D eigenvalue weighted by molar-refractivity contribution is -0.144. The Hall–Kier alpha value is -2.51. The summed E-state index contributed by atoms with van der Waals surface area (Å²) in [4.78, 5) is 9.46. The van der Waals surface area contributed by atoms with Crippen LogP contribution in [0.4, 0.5) is 13.2 Å². The molecule has 1 saturated heterocycles. The maximum Gasteiger partial charge on any atom is 0.453 e. The molecule has 126 valence electrons. The number of H-pyrrole nitrogens is 1. The lowest BCUT2D eigenvalue weighted by Gasteiger charge is -2.34. The number of hydrogen-bond acceptors (Lipinski definition) is 6. The highest BCUT2D eigenvalue weighted by Gasteiger charge is 2.38. The number of nitrogens with zero attached hydrogens (tertiary/aromatic N) is 5. The molecule has 24 heavy (non-hydrogen) atoms. The predicted octanol–water partition coefficient (Wildman–Crippen LogP) is 1.66. The second-order valence-corrected chi connectivity index (χ2v) is 5.30. The van der Waals surface area contributed by atoms with E-state index < -0.39 is 18.0 Å². The van der Waals surface area contributed by atoms with Gasteiger partial charge in [0.05, 0.1) is 24.8 Å². The number of aromatic nitrogens is 4. The smallest absolute Gasteiger partial charge is 0.378 e. The van der Waals surface area contributed by atoms with Crippen LogP contribution in [0.25, 0.3) is 0 Å². The van der Waals surface area contributed by atoms with Crippen molar-refractivity contribution in [3.63, 3.8) is 0 Å². The predicted molar refractivity (Wildman–Crippen MR) is 74.3 cm³/mol. The zero-order valence-electron chi connectivity index (χ0n) is 12.4. The number of nitriles is 1. The van der Waals surface area contributed by atoms with Crippen LogP contribution in [-0.4, -0.2) is 44.8 Å². The van der Waals surface area contributed by atoms with Crippen molar-refractivity contribution in [2.75, 3.05) is 19.8 Å². The molecule has 7 nitrogen and oxygen atoms in total. The fraction of sp³-hybridized carbons (Fsp3) is 0.429. The number of hydrogen-bond donors (Lipinski definition) is 1. The normalized spacial score (nSPS) is 19.2. The van der Waals surface area contributed by atoms with E-state index in [9.17, 15) is 13.2 Å². The fourth-order valence-electron chi connectivity index (χ4n) is 2.50. The molecule has 1 unspecified atom stereocenters. The van der Waals surface area contributed by atoms with Crippen LogP contribution in [0.15, 0.2) is 18.5 Å². The standard InChI is InChI=1S/C14H13F3N6O/c15-14(16,17)13-20-12(21-22-13)11-8-24-2-1-23(11)7-10-3-9(4-18)5-19-6-10/h3,5-6,11H,1-2,7-8H2,(H,20,21,22). The largest absolute Gasteiger partial charge is 0.453 e. The fourth-order valence-corrected chi connectivity index (χ4v) is 2.50. The average molecular weight is 338 g/mol. The summed E-state index contributed by atoms with van der Waals surface area (Å²) in [5.41, 5.74) is 1.22. The molecule has 0 aromatic carbocycles. The number of nitrogens with one attached hydrogen (secondary N) is 1. The van der Waals surface area contributed by atoms with Gasteiger partial charge in [0.2, 0.25) is 0 Å². The highest BCUT2D eigenvalue weighted by Crippen LogP contribution is 2.29. The molecule has 0 saturated carbocycles. The Morgan fingerprint density at radius 3 is 2.96 bits per heavy atom. The van der Waals surface area contributed by atoms with Gasteiger partial charge in [-0.05, 0) is 11.6 Å². The summed E-state index contributed by atoms with van der Waals surface area (Å²) >= 11 is 0. The monoisotopic (exact) mass is 338 g/mol. The molecule has 2 aromatic heterocycles. The third-order valence-electron chi connectivity index (χ3n) is 3.62. The van der Waals surface area contributed by atoms with E-state index in [1.54, 1.807) is 12.3 Å². The van der Waals surface area contributed by atoms with Crippen LogP contribution in [0.2, 0.25) is 0 Å². The lowest BCUT2D eigenvalue weighted by atomic mass is 10.1. The van der Waals surface area contributed by atoms with Crippen molar-refractivity contribution in [1.82, 2.24) is 25.1 Å². The number of ether oxygens (including phenoxy) is 1. The van der Waals surface area contributed by atoms with Crippen molar-refractivity contribution in [2.45, 2.75) is 18.8 Å². The minimum atomic E-state index is -4.60. The van der Waals surface area contributed by atoms with Gasteiger partial charge in [0, 0.05) is 25.5 Å². The lowest BCUT2D eigenvalue weighted by Crippen LogP contribution is -2.39. The van der Waals surface area contributed by atoms with Crippen LogP contribution in [0.1, 0.15) is 28.8 Å². The molecule has 0 aliphatic carbocycles. The van der Waals surface area contributed by atoms with Crippen molar-refractivity contribution in [2.24, 2.45) is 0 Å². The second kappa shape index (κ2) is 6.54. The summed E-state index contributed by atoms with van der Waals surface area (Å²) in [6.07, 6.45) is -1.53. The Morgan fingerprint density at radius 2 is 2.25 bits per heavy atom. The number of pyridine rings is 1. The van der Waals surface area contributed by atoms with Crippen molar-refractivity contribution in [3.05, 3.63) is 41.2 Å². The molecule has 2 aromatic rings. The molecule has 10 heteroatoms. The van der Waals surface area contributed by atoms with Gasteiger partial charge in [0.25, 0.3) is 5.82 Å².